The third kappa shape index (κ3) is 6.65. The number of aliphatic hydroxyl groups is 1. The largest absolute Gasteiger partial charge is 0.387 e. The van der Waals surface area contributed by atoms with Crippen LogP contribution in [0.25, 0.3) is 0 Å². The summed E-state index contributed by atoms with van der Waals surface area (Å²) in [5.41, 5.74) is -0.604. The molecule has 0 spiro atoms. The Hall–Kier alpha value is -0.460. The molecular weight excluding hydrogens is 332 g/mol. The van der Waals surface area contributed by atoms with Crippen molar-refractivity contribution in [2.24, 2.45) is 10.9 Å². The lowest BCUT2D eigenvalue weighted by Gasteiger charge is -2.44. The van der Waals surface area contributed by atoms with Gasteiger partial charge in [-0.15, -0.1) is 0 Å². The first kappa shape index (κ1) is 20.8. The molecule has 2 rings (SSSR count). The summed E-state index contributed by atoms with van der Waals surface area (Å²) < 4.78 is 0. The normalized spacial score (nSPS) is 28.6. The first-order valence-corrected chi connectivity index (χ1v) is 11.2. The summed E-state index contributed by atoms with van der Waals surface area (Å²) >= 11 is 1.86. The van der Waals surface area contributed by atoms with Crippen molar-refractivity contribution in [3.63, 3.8) is 0 Å². The van der Waals surface area contributed by atoms with E-state index in [1.54, 1.807) is 0 Å². The molecule has 2 aliphatic rings. The molecule has 1 saturated heterocycles. The quantitative estimate of drug-likeness (QED) is 0.330. The summed E-state index contributed by atoms with van der Waals surface area (Å²) in [6.45, 7) is 12.5. The molecule has 2 atom stereocenters. The van der Waals surface area contributed by atoms with Crippen molar-refractivity contribution in [3.8, 4) is 0 Å². The van der Waals surface area contributed by atoms with Crippen LogP contribution in [0.5, 0.6) is 0 Å². The topological polar surface area (TPSA) is 59.9 Å². The second kappa shape index (κ2) is 10.6. The number of aliphatic imine (C=N–C) groups is 1. The van der Waals surface area contributed by atoms with Gasteiger partial charge in [-0.1, -0.05) is 13.8 Å². The second-order valence-electron chi connectivity index (χ2n) is 7.59. The number of guanidine groups is 1. The van der Waals surface area contributed by atoms with Crippen LogP contribution < -0.4 is 10.6 Å². The van der Waals surface area contributed by atoms with Gasteiger partial charge in [0.2, 0.25) is 0 Å². The Morgan fingerprint density at radius 3 is 2.60 bits per heavy atom. The van der Waals surface area contributed by atoms with Crippen molar-refractivity contribution in [2.45, 2.75) is 63.7 Å². The second-order valence-corrected chi connectivity index (χ2v) is 9.07. The van der Waals surface area contributed by atoms with Crippen molar-refractivity contribution in [3.05, 3.63) is 0 Å². The molecule has 1 aliphatic carbocycles. The Morgan fingerprint density at radius 2 is 2.00 bits per heavy atom. The molecule has 25 heavy (non-hydrogen) atoms. The van der Waals surface area contributed by atoms with Crippen LogP contribution in [-0.2, 0) is 0 Å². The number of hydrogen-bond donors (Lipinski definition) is 3. The third-order valence-corrected chi connectivity index (χ3v) is 6.89. The number of rotatable bonds is 9. The average Bonchev–Trinajstić information content (AvgIpc) is 2.61. The van der Waals surface area contributed by atoms with Crippen LogP contribution >= 0.6 is 11.8 Å². The van der Waals surface area contributed by atoms with E-state index in [2.05, 4.69) is 41.3 Å². The fraction of sp³-hybridized carbons (Fsp3) is 0.947. The molecule has 2 unspecified atom stereocenters. The van der Waals surface area contributed by atoms with Gasteiger partial charge in [-0.25, -0.2) is 0 Å². The summed E-state index contributed by atoms with van der Waals surface area (Å²) in [7, 11) is 0. The predicted octanol–water partition coefficient (Wildman–Crippen LogP) is 2.31. The molecule has 0 bridgehead atoms. The van der Waals surface area contributed by atoms with E-state index >= 15 is 0 Å². The van der Waals surface area contributed by atoms with Gasteiger partial charge in [0.25, 0.3) is 0 Å². The summed E-state index contributed by atoms with van der Waals surface area (Å²) in [6, 6.07) is 0. The number of likely N-dealkylation sites (tertiary alicyclic amines) is 1. The van der Waals surface area contributed by atoms with Crippen LogP contribution in [-0.4, -0.2) is 71.8 Å². The standard InChI is InChI=1S/C19H38N4OS/c1-4-20-18(22-15-19(24)10-7-17(19)25-5-2)21-11-6-12-23-13-8-16(3)9-14-23/h16-17,24H,4-15H2,1-3H3,(H2,20,21,22). The molecule has 0 radical (unpaired) electrons. The van der Waals surface area contributed by atoms with Gasteiger partial charge in [-0.3, -0.25) is 4.99 Å². The maximum atomic E-state index is 10.7. The molecule has 3 N–H and O–H groups in total. The monoisotopic (exact) mass is 370 g/mol. The van der Waals surface area contributed by atoms with Crippen LogP contribution in [0, 0.1) is 5.92 Å². The molecule has 0 aromatic rings. The summed E-state index contributed by atoms with van der Waals surface area (Å²) in [4.78, 5) is 7.23. The maximum absolute atomic E-state index is 10.7. The Labute approximate surface area is 158 Å². The van der Waals surface area contributed by atoms with E-state index in [1.165, 1.54) is 25.9 Å². The smallest absolute Gasteiger partial charge is 0.191 e. The number of nitrogens with one attached hydrogen (secondary N) is 2. The molecule has 0 amide bonds. The van der Waals surface area contributed by atoms with E-state index in [0.717, 1.165) is 56.5 Å². The van der Waals surface area contributed by atoms with Gasteiger partial charge in [0, 0.05) is 18.3 Å². The van der Waals surface area contributed by atoms with Gasteiger partial charge < -0.3 is 20.6 Å². The first-order valence-electron chi connectivity index (χ1n) is 10.2. The number of nitrogens with zero attached hydrogens (tertiary/aromatic N) is 2. The van der Waals surface area contributed by atoms with Crippen molar-refractivity contribution in [1.82, 2.24) is 15.5 Å². The summed E-state index contributed by atoms with van der Waals surface area (Å²) in [5, 5.41) is 17.8. The van der Waals surface area contributed by atoms with Crippen molar-refractivity contribution >= 4 is 17.7 Å². The lowest BCUT2D eigenvalue weighted by Crippen LogP contribution is -2.53. The third-order valence-electron chi connectivity index (χ3n) is 5.48. The molecule has 0 aromatic heterocycles. The zero-order chi connectivity index (χ0) is 18.1. The van der Waals surface area contributed by atoms with Gasteiger partial charge >= 0.3 is 0 Å². The molecule has 1 aliphatic heterocycles. The molecule has 2 fully saturated rings. The van der Waals surface area contributed by atoms with Gasteiger partial charge in [0.05, 0.1) is 12.1 Å². The summed E-state index contributed by atoms with van der Waals surface area (Å²) in [5.74, 6) is 2.80. The SMILES string of the molecule is CCNC(=NCC1(O)CCC1SCC)NCCCN1CCC(C)CC1. The Morgan fingerprint density at radius 1 is 1.24 bits per heavy atom. The highest BCUT2D eigenvalue weighted by Gasteiger charge is 2.45. The molecule has 6 heteroatoms. The highest BCUT2D eigenvalue weighted by Crippen LogP contribution is 2.41. The molecule has 146 valence electrons. The first-order chi connectivity index (χ1) is 12.1. The lowest BCUT2D eigenvalue weighted by atomic mass is 9.79. The zero-order valence-corrected chi connectivity index (χ0v) is 17.2. The molecule has 1 saturated carbocycles. The van der Waals surface area contributed by atoms with Crippen molar-refractivity contribution < 1.29 is 5.11 Å². The lowest BCUT2D eigenvalue weighted by molar-refractivity contribution is -0.0154. The van der Waals surface area contributed by atoms with Crippen molar-refractivity contribution in [1.29, 1.82) is 0 Å². The van der Waals surface area contributed by atoms with E-state index in [-0.39, 0.29) is 0 Å². The van der Waals surface area contributed by atoms with E-state index in [9.17, 15) is 5.11 Å². The van der Waals surface area contributed by atoms with Gasteiger partial charge in [-0.05, 0) is 70.3 Å². The Bertz CT molecular complexity index is 412. The highest BCUT2D eigenvalue weighted by molar-refractivity contribution is 8.00. The van der Waals surface area contributed by atoms with Crippen molar-refractivity contribution in [2.75, 3.05) is 45.0 Å². The maximum Gasteiger partial charge on any atom is 0.191 e. The fourth-order valence-corrected chi connectivity index (χ4v) is 4.76. The Kier molecular flexibility index (Phi) is 8.87. The minimum absolute atomic E-state index is 0.352. The van der Waals surface area contributed by atoms with Gasteiger partial charge in [0.1, 0.15) is 0 Å². The number of piperidine rings is 1. The summed E-state index contributed by atoms with van der Waals surface area (Å²) in [6.07, 6.45) is 5.81. The van der Waals surface area contributed by atoms with E-state index in [1.807, 2.05) is 11.8 Å². The molecular formula is C19H38N4OS. The van der Waals surface area contributed by atoms with E-state index in [4.69, 9.17) is 0 Å². The molecule has 1 heterocycles. The van der Waals surface area contributed by atoms with Crippen LogP contribution in [0.15, 0.2) is 4.99 Å². The molecule has 5 nitrogen and oxygen atoms in total. The predicted molar refractivity (Wildman–Crippen MR) is 110 cm³/mol. The average molecular weight is 371 g/mol. The number of thioether (sulfide) groups is 1. The van der Waals surface area contributed by atoms with Crippen LogP contribution in [0.1, 0.15) is 52.9 Å². The van der Waals surface area contributed by atoms with Gasteiger partial charge in [0.15, 0.2) is 5.96 Å². The van der Waals surface area contributed by atoms with E-state index < -0.39 is 5.60 Å². The fourth-order valence-electron chi connectivity index (χ4n) is 3.57. The highest BCUT2D eigenvalue weighted by atomic mass is 32.2. The van der Waals surface area contributed by atoms with Crippen LogP contribution in [0.4, 0.5) is 0 Å². The molecule has 0 aromatic carbocycles. The zero-order valence-electron chi connectivity index (χ0n) is 16.4. The Balaban J connectivity index is 1.69. The van der Waals surface area contributed by atoms with Crippen LogP contribution in [0.3, 0.4) is 0 Å². The van der Waals surface area contributed by atoms with E-state index in [0.29, 0.717) is 11.8 Å². The van der Waals surface area contributed by atoms with Crippen LogP contribution in [0.2, 0.25) is 0 Å². The number of hydrogen-bond acceptors (Lipinski definition) is 4. The van der Waals surface area contributed by atoms with Gasteiger partial charge in [-0.2, -0.15) is 11.8 Å². The minimum Gasteiger partial charge on any atom is -0.387 e. The minimum atomic E-state index is -0.604.